The van der Waals surface area contributed by atoms with Crippen molar-refractivity contribution in [2.45, 2.75) is 38.6 Å². The average molecular weight is 277 g/mol. The van der Waals surface area contributed by atoms with Crippen LogP contribution >= 0.6 is 11.3 Å². The normalized spacial score (nSPS) is 16.8. The van der Waals surface area contributed by atoms with Crippen molar-refractivity contribution in [2.75, 3.05) is 0 Å². The number of hydrogen-bond donors (Lipinski definition) is 1. The van der Waals surface area contributed by atoms with E-state index in [1.807, 2.05) is 6.07 Å². The molecule has 1 heterocycles. The molecule has 1 unspecified atom stereocenters. The molecule has 0 radical (unpaired) electrons. The van der Waals surface area contributed by atoms with Gasteiger partial charge in [0.15, 0.2) is 5.92 Å². The summed E-state index contributed by atoms with van der Waals surface area (Å²) in [6.07, 6.45) is 4.03. The fourth-order valence-electron chi connectivity index (χ4n) is 2.26. The molecule has 1 aliphatic carbocycles. The van der Waals surface area contributed by atoms with Gasteiger partial charge in [-0.05, 0) is 19.8 Å². The summed E-state index contributed by atoms with van der Waals surface area (Å²) in [6, 6.07) is 1.92. The predicted molar refractivity (Wildman–Crippen MR) is 70.7 cm³/mol. The maximum atomic E-state index is 12.2. The molecule has 1 N–H and O–H groups in total. The maximum absolute atomic E-state index is 12.2. The van der Waals surface area contributed by atoms with Crippen molar-refractivity contribution in [2.24, 2.45) is 5.92 Å². The number of ketones is 1. The van der Waals surface area contributed by atoms with E-state index in [-0.39, 0.29) is 6.04 Å². The van der Waals surface area contributed by atoms with Crippen molar-refractivity contribution in [1.29, 1.82) is 5.26 Å². The van der Waals surface area contributed by atoms with Gasteiger partial charge in [-0.15, -0.1) is 11.3 Å². The van der Waals surface area contributed by atoms with Gasteiger partial charge in [0.25, 0.3) is 0 Å². The minimum absolute atomic E-state index is 0.110. The number of nitriles is 1. The summed E-state index contributed by atoms with van der Waals surface area (Å²) in [7, 11) is 0. The zero-order valence-electron chi connectivity index (χ0n) is 10.7. The zero-order valence-corrected chi connectivity index (χ0v) is 11.5. The molecular formula is C13H15N3O2S. The molecular weight excluding hydrogens is 262 g/mol. The summed E-state index contributed by atoms with van der Waals surface area (Å²) in [5, 5.41) is 11.9. The van der Waals surface area contributed by atoms with Crippen LogP contribution in [0.5, 0.6) is 0 Å². The van der Waals surface area contributed by atoms with Gasteiger partial charge in [-0.2, -0.15) is 5.26 Å². The van der Waals surface area contributed by atoms with Crippen LogP contribution in [0.2, 0.25) is 0 Å². The topological polar surface area (TPSA) is 82.8 Å². The quantitative estimate of drug-likeness (QED) is 0.672. The molecule has 2 rings (SSSR count). The minimum Gasteiger partial charge on any atom is -0.352 e. The number of hydrogen-bond acceptors (Lipinski definition) is 5. The van der Waals surface area contributed by atoms with Crippen LogP contribution in [0.25, 0.3) is 0 Å². The Morgan fingerprint density at radius 3 is 2.74 bits per heavy atom. The highest BCUT2D eigenvalue weighted by Crippen LogP contribution is 2.20. The molecule has 0 spiro atoms. The second-order valence-electron chi connectivity index (χ2n) is 4.68. The summed E-state index contributed by atoms with van der Waals surface area (Å²) in [5.74, 6) is -2.19. The molecule has 1 aliphatic rings. The van der Waals surface area contributed by atoms with E-state index in [1.54, 1.807) is 12.4 Å². The number of thiazole rings is 1. The molecule has 0 aliphatic heterocycles. The third kappa shape index (κ3) is 2.99. The van der Waals surface area contributed by atoms with Crippen LogP contribution < -0.4 is 5.32 Å². The zero-order chi connectivity index (χ0) is 13.8. The van der Waals surface area contributed by atoms with E-state index in [2.05, 4.69) is 10.3 Å². The number of carbonyl (C=O) groups excluding carboxylic acids is 2. The van der Waals surface area contributed by atoms with Crippen molar-refractivity contribution in [3.8, 4) is 6.07 Å². The Balaban J connectivity index is 2.07. The van der Waals surface area contributed by atoms with Gasteiger partial charge in [0.05, 0.1) is 22.2 Å². The smallest absolute Gasteiger partial charge is 0.245 e. The lowest BCUT2D eigenvalue weighted by Crippen LogP contribution is -2.39. The van der Waals surface area contributed by atoms with Crippen LogP contribution in [0.3, 0.4) is 0 Å². The summed E-state index contributed by atoms with van der Waals surface area (Å²) in [6.45, 7) is 1.70. The van der Waals surface area contributed by atoms with Crippen molar-refractivity contribution in [3.63, 3.8) is 0 Å². The van der Waals surface area contributed by atoms with Crippen molar-refractivity contribution < 1.29 is 9.59 Å². The van der Waals surface area contributed by atoms with Gasteiger partial charge in [-0.1, -0.05) is 12.8 Å². The standard InChI is InChI=1S/C13H15N3O2S/c1-8-12(19-7-15-8)11(17)10(6-14)13(18)16-9-4-2-3-5-9/h7,9-10H,2-5H2,1H3,(H,16,18). The molecule has 1 aromatic heterocycles. The third-order valence-electron chi connectivity index (χ3n) is 3.32. The molecule has 1 amide bonds. The first-order valence-electron chi connectivity index (χ1n) is 6.27. The second kappa shape index (κ2) is 5.93. The van der Waals surface area contributed by atoms with Gasteiger partial charge in [0.2, 0.25) is 11.7 Å². The number of aromatic nitrogens is 1. The van der Waals surface area contributed by atoms with Crippen molar-refractivity contribution in [1.82, 2.24) is 10.3 Å². The van der Waals surface area contributed by atoms with E-state index in [0.29, 0.717) is 10.6 Å². The van der Waals surface area contributed by atoms with E-state index in [0.717, 1.165) is 25.7 Å². The lowest BCUT2D eigenvalue weighted by molar-refractivity contribution is -0.122. The molecule has 19 heavy (non-hydrogen) atoms. The average Bonchev–Trinajstić information content (AvgIpc) is 3.01. The molecule has 5 nitrogen and oxygen atoms in total. The number of amides is 1. The van der Waals surface area contributed by atoms with Crippen molar-refractivity contribution >= 4 is 23.0 Å². The Kier molecular flexibility index (Phi) is 4.27. The number of nitrogens with zero attached hydrogens (tertiary/aromatic N) is 2. The molecule has 0 bridgehead atoms. The first-order chi connectivity index (χ1) is 9.13. The minimum atomic E-state index is -1.26. The van der Waals surface area contributed by atoms with Crippen LogP contribution in [0.1, 0.15) is 41.0 Å². The Hall–Kier alpha value is -1.74. The molecule has 0 aromatic carbocycles. The van der Waals surface area contributed by atoms with Crippen LogP contribution in [-0.4, -0.2) is 22.7 Å². The largest absolute Gasteiger partial charge is 0.352 e. The fourth-order valence-corrected chi connectivity index (χ4v) is 3.03. The van der Waals surface area contributed by atoms with E-state index < -0.39 is 17.6 Å². The lowest BCUT2D eigenvalue weighted by Gasteiger charge is -2.14. The van der Waals surface area contributed by atoms with Crippen LogP contribution in [0, 0.1) is 24.2 Å². The Morgan fingerprint density at radius 1 is 1.53 bits per heavy atom. The van der Waals surface area contributed by atoms with E-state index in [9.17, 15) is 9.59 Å². The second-order valence-corrected chi connectivity index (χ2v) is 5.54. The molecule has 1 fully saturated rings. The van der Waals surface area contributed by atoms with Crippen molar-refractivity contribution in [3.05, 3.63) is 16.1 Å². The monoisotopic (exact) mass is 277 g/mol. The highest BCUT2D eigenvalue weighted by atomic mass is 32.1. The van der Waals surface area contributed by atoms with Gasteiger partial charge in [-0.3, -0.25) is 9.59 Å². The molecule has 100 valence electrons. The summed E-state index contributed by atoms with van der Waals surface area (Å²) >= 11 is 1.17. The summed E-state index contributed by atoms with van der Waals surface area (Å²) in [4.78, 5) is 28.5. The third-order valence-corrected chi connectivity index (χ3v) is 4.27. The number of rotatable bonds is 4. The summed E-state index contributed by atoms with van der Waals surface area (Å²) in [5.41, 5.74) is 2.12. The Morgan fingerprint density at radius 2 is 2.21 bits per heavy atom. The first-order valence-corrected chi connectivity index (χ1v) is 7.15. The van der Waals surface area contributed by atoms with Crippen LogP contribution in [0.4, 0.5) is 0 Å². The van der Waals surface area contributed by atoms with Gasteiger partial charge < -0.3 is 5.32 Å². The van der Waals surface area contributed by atoms with E-state index in [4.69, 9.17) is 5.26 Å². The first kappa shape index (κ1) is 13.7. The highest BCUT2D eigenvalue weighted by molar-refractivity contribution is 7.12. The van der Waals surface area contributed by atoms with Gasteiger partial charge in [0.1, 0.15) is 0 Å². The molecule has 0 saturated heterocycles. The van der Waals surface area contributed by atoms with E-state index in [1.165, 1.54) is 11.3 Å². The van der Waals surface area contributed by atoms with E-state index >= 15 is 0 Å². The van der Waals surface area contributed by atoms with Gasteiger partial charge in [0, 0.05) is 6.04 Å². The number of aryl methyl sites for hydroxylation is 1. The number of Topliss-reactive ketones (excluding diaryl/α,β-unsaturated/α-hetero) is 1. The highest BCUT2D eigenvalue weighted by Gasteiger charge is 2.31. The molecule has 1 atom stereocenters. The maximum Gasteiger partial charge on any atom is 0.245 e. The van der Waals surface area contributed by atoms with Crippen LogP contribution in [0.15, 0.2) is 5.51 Å². The molecule has 1 aromatic rings. The molecule has 1 saturated carbocycles. The SMILES string of the molecule is Cc1ncsc1C(=O)C(C#N)C(=O)NC1CCCC1. The Bertz CT molecular complexity index is 526. The lowest BCUT2D eigenvalue weighted by atomic mass is 10.0. The van der Waals surface area contributed by atoms with Crippen LogP contribution in [-0.2, 0) is 4.79 Å². The van der Waals surface area contributed by atoms with Gasteiger partial charge >= 0.3 is 0 Å². The summed E-state index contributed by atoms with van der Waals surface area (Å²) < 4.78 is 0. The Labute approximate surface area is 115 Å². The fraction of sp³-hybridized carbons (Fsp3) is 0.538. The predicted octanol–water partition coefficient (Wildman–Crippen LogP) is 1.83. The molecule has 6 heteroatoms. The number of carbonyl (C=O) groups is 2. The van der Waals surface area contributed by atoms with Gasteiger partial charge in [-0.25, -0.2) is 4.98 Å². The number of nitrogens with one attached hydrogen (secondary N) is 1.